The van der Waals surface area contributed by atoms with Crippen LogP contribution >= 0.6 is 0 Å². The molecule has 3 heterocycles. The lowest BCUT2D eigenvalue weighted by molar-refractivity contribution is -0.137. The first-order chi connectivity index (χ1) is 15.7. The minimum Gasteiger partial charge on any atom is -0.484 e. The molecule has 8 nitrogen and oxygen atoms in total. The second kappa shape index (κ2) is 8.82. The standard InChI is InChI=1S/C24H25N5O3/c30-21-12-14-28(21)18-8-6-7-17(15-18)23-25-24(27-26-23)20-11-4-5-13-29(20)22(31)16-32-19-9-2-1-3-10-19/h1-3,6-10,15,20H,4-5,11-14,16H2,(H,25,26,27)/t20-/m1/s1. The maximum atomic E-state index is 12.9. The van der Waals surface area contributed by atoms with Gasteiger partial charge in [0.15, 0.2) is 12.4 Å². The third-order valence-corrected chi connectivity index (χ3v) is 6.01. The summed E-state index contributed by atoms with van der Waals surface area (Å²) in [4.78, 5) is 33.0. The molecule has 2 aliphatic rings. The van der Waals surface area contributed by atoms with Gasteiger partial charge in [-0.05, 0) is 43.5 Å². The summed E-state index contributed by atoms with van der Waals surface area (Å²) in [6.07, 6.45) is 3.40. The number of aromatic nitrogens is 3. The molecule has 1 atom stereocenters. The molecule has 2 aromatic carbocycles. The summed E-state index contributed by atoms with van der Waals surface area (Å²) in [6, 6.07) is 16.9. The summed E-state index contributed by atoms with van der Waals surface area (Å²) < 4.78 is 5.67. The average molecular weight is 431 g/mol. The number of nitrogens with one attached hydrogen (secondary N) is 1. The highest BCUT2D eigenvalue weighted by Gasteiger charge is 2.31. The van der Waals surface area contributed by atoms with Crippen molar-refractivity contribution < 1.29 is 14.3 Å². The Morgan fingerprint density at radius 1 is 1.09 bits per heavy atom. The van der Waals surface area contributed by atoms with Crippen molar-refractivity contribution in [3.8, 4) is 17.1 Å². The lowest BCUT2D eigenvalue weighted by Crippen LogP contribution is -2.43. The third kappa shape index (κ3) is 4.08. The number of β-lactam (4-membered cyclic amide) rings is 1. The number of benzene rings is 2. The van der Waals surface area contributed by atoms with Crippen LogP contribution in [0.15, 0.2) is 54.6 Å². The van der Waals surface area contributed by atoms with Crippen molar-refractivity contribution in [2.45, 2.75) is 31.7 Å². The van der Waals surface area contributed by atoms with Crippen molar-refractivity contribution in [3.63, 3.8) is 0 Å². The summed E-state index contributed by atoms with van der Waals surface area (Å²) in [6.45, 7) is 1.41. The summed E-state index contributed by atoms with van der Waals surface area (Å²) in [5.41, 5.74) is 1.70. The van der Waals surface area contributed by atoms with E-state index in [0.717, 1.165) is 37.1 Å². The van der Waals surface area contributed by atoms with Gasteiger partial charge in [-0.15, -0.1) is 0 Å². The van der Waals surface area contributed by atoms with Crippen LogP contribution in [0, 0.1) is 0 Å². The van der Waals surface area contributed by atoms with Crippen molar-refractivity contribution in [1.82, 2.24) is 20.1 Å². The normalized spacial score (nSPS) is 18.4. The first-order valence-corrected chi connectivity index (χ1v) is 11.0. The lowest BCUT2D eigenvalue weighted by atomic mass is 10.0. The Morgan fingerprint density at radius 3 is 2.75 bits per heavy atom. The molecule has 3 aromatic rings. The molecule has 5 rings (SSSR count). The Hall–Kier alpha value is -3.68. The molecule has 0 spiro atoms. The topological polar surface area (TPSA) is 91.4 Å². The number of carbonyl (C=O) groups excluding carboxylic acids is 2. The fraction of sp³-hybridized carbons (Fsp3) is 0.333. The fourth-order valence-electron chi connectivity index (χ4n) is 4.21. The quantitative estimate of drug-likeness (QED) is 0.605. The van der Waals surface area contributed by atoms with Gasteiger partial charge in [-0.1, -0.05) is 30.3 Å². The smallest absolute Gasteiger partial charge is 0.261 e. The monoisotopic (exact) mass is 431 g/mol. The predicted octanol–water partition coefficient (Wildman–Crippen LogP) is 3.34. The lowest BCUT2D eigenvalue weighted by Gasteiger charge is -2.34. The summed E-state index contributed by atoms with van der Waals surface area (Å²) >= 11 is 0. The van der Waals surface area contributed by atoms with Crippen molar-refractivity contribution in [3.05, 3.63) is 60.4 Å². The van der Waals surface area contributed by atoms with E-state index in [-0.39, 0.29) is 24.5 Å². The van der Waals surface area contributed by atoms with Crippen molar-refractivity contribution in [2.75, 3.05) is 24.6 Å². The highest BCUT2D eigenvalue weighted by molar-refractivity contribution is 5.99. The molecule has 0 bridgehead atoms. The number of rotatable bonds is 6. The molecular formula is C24H25N5O3. The Kier molecular flexibility index (Phi) is 5.58. The Labute approximate surface area is 186 Å². The zero-order chi connectivity index (χ0) is 21.9. The number of nitrogens with zero attached hydrogens (tertiary/aromatic N) is 4. The molecule has 0 saturated carbocycles. The maximum Gasteiger partial charge on any atom is 0.261 e. The number of H-pyrrole nitrogens is 1. The van der Waals surface area contributed by atoms with Gasteiger partial charge in [0, 0.05) is 30.8 Å². The maximum absolute atomic E-state index is 12.9. The molecule has 164 valence electrons. The van der Waals surface area contributed by atoms with Gasteiger partial charge in [-0.2, -0.15) is 5.10 Å². The van der Waals surface area contributed by atoms with Gasteiger partial charge in [0.25, 0.3) is 5.91 Å². The van der Waals surface area contributed by atoms with Gasteiger partial charge < -0.3 is 14.5 Å². The first-order valence-electron chi connectivity index (χ1n) is 11.0. The minimum absolute atomic E-state index is 0.00653. The number of carbonyl (C=O) groups is 2. The van der Waals surface area contributed by atoms with E-state index in [1.54, 1.807) is 4.90 Å². The van der Waals surface area contributed by atoms with Crippen LogP contribution in [0.4, 0.5) is 5.69 Å². The number of hydrogen-bond donors (Lipinski definition) is 1. The minimum atomic E-state index is -0.156. The second-order valence-corrected chi connectivity index (χ2v) is 8.09. The van der Waals surface area contributed by atoms with Crippen LogP contribution < -0.4 is 9.64 Å². The number of likely N-dealkylation sites (tertiary alicyclic amines) is 1. The van der Waals surface area contributed by atoms with E-state index in [1.807, 2.05) is 59.5 Å². The summed E-state index contributed by atoms with van der Waals surface area (Å²) in [7, 11) is 0. The van der Waals surface area contributed by atoms with E-state index < -0.39 is 0 Å². The SMILES string of the molecule is O=C1CCN1c1cccc(-c2n[nH]c([C@H]3CCCCN3C(=O)COc3ccccc3)n2)c1. The van der Waals surface area contributed by atoms with Gasteiger partial charge >= 0.3 is 0 Å². The van der Waals surface area contributed by atoms with Crippen LogP contribution in [0.5, 0.6) is 5.75 Å². The summed E-state index contributed by atoms with van der Waals surface area (Å²) in [5, 5.41) is 7.45. The number of hydrogen-bond acceptors (Lipinski definition) is 5. The van der Waals surface area contributed by atoms with Crippen molar-refractivity contribution in [1.29, 1.82) is 0 Å². The van der Waals surface area contributed by atoms with Crippen molar-refractivity contribution in [2.24, 2.45) is 0 Å². The molecule has 0 radical (unpaired) electrons. The Morgan fingerprint density at radius 2 is 1.97 bits per heavy atom. The molecule has 0 unspecified atom stereocenters. The number of ether oxygens (including phenoxy) is 1. The van der Waals surface area contributed by atoms with Gasteiger partial charge in [0.05, 0.1) is 6.04 Å². The Balaban J connectivity index is 1.31. The highest BCUT2D eigenvalue weighted by atomic mass is 16.5. The highest BCUT2D eigenvalue weighted by Crippen LogP contribution is 2.31. The molecule has 2 amide bonds. The van der Waals surface area contributed by atoms with E-state index in [0.29, 0.717) is 30.4 Å². The van der Waals surface area contributed by atoms with E-state index in [4.69, 9.17) is 9.72 Å². The number of para-hydroxylation sites is 1. The second-order valence-electron chi connectivity index (χ2n) is 8.09. The molecule has 8 heteroatoms. The first kappa shape index (κ1) is 20.2. The molecule has 2 saturated heterocycles. The van der Waals surface area contributed by atoms with Gasteiger partial charge in [0.2, 0.25) is 5.91 Å². The molecule has 1 N–H and O–H groups in total. The van der Waals surface area contributed by atoms with Crippen LogP contribution in [0.25, 0.3) is 11.4 Å². The van der Waals surface area contributed by atoms with E-state index in [9.17, 15) is 9.59 Å². The van der Waals surface area contributed by atoms with Crippen molar-refractivity contribution >= 4 is 17.5 Å². The zero-order valence-electron chi connectivity index (χ0n) is 17.7. The molecule has 1 aromatic heterocycles. The average Bonchev–Trinajstić information content (AvgIpc) is 3.33. The molecule has 0 aliphatic carbocycles. The van der Waals surface area contributed by atoms with E-state index in [2.05, 4.69) is 10.2 Å². The zero-order valence-corrected chi connectivity index (χ0v) is 17.7. The largest absolute Gasteiger partial charge is 0.484 e. The predicted molar refractivity (Wildman–Crippen MR) is 119 cm³/mol. The number of amides is 2. The van der Waals surface area contributed by atoms with Gasteiger partial charge in [-0.3, -0.25) is 14.7 Å². The van der Waals surface area contributed by atoms with Crippen LogP contribution in [0.2, 0.25) is 0 Å². The van der Waals surface area contributed by atoms with Crippen LogP contribution in [0.1, 0.15) is 37.5 Å². The number of piperidine rings is 1. The number of aromatic amines is 1. The van der Waals surface area contributed by atoms with Crippen LogP contribution in [0.3, 0.4) is 0 Å². The fourth-order valence-corrected chi connectivity index (χ4v) is 4.21. The molecule has 2 fully saturated rings. The van der Waals surface area contributed by atoms with Crippen LogP contribution in [-0.2, 0) is 9.59 Å². The Bertz CT molecular complexity index is 1110. The van der Waals surface area contributed by atoms with Gasteiger partial charge in [-0.25, -0.2) is 4.98 Å². The van der Waals surface area contributed by atoms with Crippen LogP contribution in [-0.4, -0.2) is 51.6 Å². The third-order valence-electron chi connectivity index (χ3n) is 6.01. The van der Waals surface area contributed by atoms with Gasteiger partial charge in [0.1, 0.15) is 11.6 Å². The summed E-state index contributed by atoms with van der Waals surface area (Å²) in [5.74, 6) is 1.99. The molecule has 2 aliphatic heterocycles. The molecular weight excluding hydrogens is 406 g/mol. The van der Waals surface area contributed by atoms with E-state index >= 15 is 0 Å². The van der Waals surface area contributed by atoms with E-state index in [1.165, 1.54) is 0 Å². The molecule has 32 heavy (non-hydrogen) atoms. The number of anilines is 1.